The van der Waals surface area contributed by atoms with E-state index in [2.05, 4.69) is 63.2 Å². The molecule has 0 radical (unpaired) electrons. The lowest BCUT2D eigenvalue weighted by atomic mass is 9.81. The number of aryl methyl sites for hydroxylation is 1. The minimum absolute atomic E-state index is 0.313. The molecule has 1 heteroatoms. The summed E-state index contributed by atoms with van der Waals surface area (Å²) in [5.74, 6) is 0.707. The maximum Gasteiger partial charge on any atom is 0.124 e. The van der Waals surface area contributed by atoms with Crippen molar-refractivity contribution in [1.29, 1.82) is 0 Å². The number of rotatable bonds is 6. The molecular weight excluding hydrogens is 316 g/mol. The van der Waals surface area contributed by atoms with Crippen molar-refractivity contribution < 1.29 is 5.11 Å². The van der Waals surface area contributed by atoms with Crippen molar-refractivity contribution in [1.82, 2.24) is 0 Å². The second-order valence-corrected chi connectivity index (χ2v) is 7.21. The normalized spacial score (nSPS) is 11.1. The molecule has 1 nitrogen and oxygen atoms in total. The minimum Gasteiger partial charge on any atom is -0.507 e. The average Bonchev–Trinajstić information content (AvgIpc) is 2.67. The predicted octanol–water partition coefficient (Wildman–Crippen LogP) is 7.19. The van der Waals surface area contributed by atoms with Crippen LogP contribution in [0.1, 0.15) is 50.7 Å². The van der Waals surface area contributed by atoms with E-state index >= 15 is 0 Å². The monoisotopic (exact) mass is 344 g/mol. The third kappa shape index (κ3) is 3.67. The molecule has 0 heterocycles. The fourth-order valence-corrected chi connectivity index (χ4v) is 3.74. The first-order chi connectivity index (χ1) is 12.6. The molecule has 0 fully saturated rings. The van der Waals surface area contributed by atoms with E-state index in [9.17, 15) is 5.11 Å². The number of aromatic hydroxyl groups is 1. The topological polar surface area (TPSA) is 20.2 Å². The van der Waals surface area contributed by atoms with E-state index in [0.29, 0.717) is 11.7 Å². The second kappa shape index (κ2) is 8.23. The molecule has 3 rings (SSSR count). The van der Waals surface area contributed by atoms with Crippen molar-refractivity contribution in [3.8, 4) is 28.0 Å². The molecule has 0 atom stereocenters. The standard InChI is InChI=1S/C25H28O/c1-4-5-12-21-17-22(26)25(20-15-10-7-11-16-20)23(18(2)3)24(21)19-13-8-6-9-14-19/h6-11,13-18,26H,4-5,12H2,1-3H3. The lowest BCUT2D eigenvalue weighted by Gasteiger charge is -2.23. The van der Waals surface area contributed by atoms with Gasteiger partial charge >= 0.3 is 0 Å². The highest BCUT2D eigenvalue weighted by Crippen LogP contribution is 2.45. The molecule has 0 aromatic heterocycles. The summed E-state index contributed by atoms with van der Waals surface area (Å²) < 4.78 is 0. The van der Waals surface area contributed by atoms with Crippen molar-refractivity contribution in [2.24, 2.45) is 0 Å². The molecule has 0 saturated carbocycles. The Morgan fingerprint density at radius 2 is 1.35 bits per heavy atom. The van der Waals surface area contributed by atoms with Gasteiger partial charge in [-0.15, -0.1) is 0 Å². The summed E-state index contributed by atoms with van der Waals surface area (Å²) in [6.45, 7) is 6.65. The zero-order valence-electron chi connectivity index (χ0n) is 16.0. The van der Waals surface area contributed by atoms with Crippen LogP contribution in [-0.4, -0.2) is 5.11 Å². The average molecular weight is 344 g/mol. The predicted molar refractivity (Wildman–Crippen MR) is 112 cm³/mol. The van der Waals surface area contributed by atoms with Crippen LogP contribution in [0.4, 0.5) is 0 Å². The smallest absolute Gasteiger partial charge is 0.124 e. The summed E-state index contributed by atoms with van der Waals surface area (Å²) in [4.78, 5) is 0. The zero-order valence-corrected chi connectivity index (χ0v) is 16.0. The van der Waals surface area contributed by atoms with Crippen molar-refractivity contribution in [3.63, 3.8) is 0 Å². The number of benzene rings is 3. The highest BCUT2D eigenvalue weighted by atomic mass is 16.3. The van der Waals surface area contributed by atoms with Gasteiger partial charge in [-0.25, -0.2) is 0 Å². The molecule has 0 unspecified atom stereocenters. The molecule has 0 spiro atoms. The molecule has 0 saturated heterocycles. The quantitative estimate of drug-likeness (QED) is 0.501. The second-order valence-electron chi connectivity index (χ2n) is 7.21. The lowest BCUT2D eigenvalue weighted by molar-refractivity contribution is 0.475. The van der Waals surface area contributed by atoms with Gasteiger partial charge in [-0.1, -0.05) is 87.9 Å². The maximum absolute atomic E-state index is 10.9. The third-order valence-corrected chi connectivity index (χ3v) is 4.93. The Hall–Kier alpha value is -2.54. The van der Waals surface area contributed by atoms with Gasteiger partial charge in [0.25, 0.3) is 0 Å². The van der Waals surface area contributed by atoms with E-state index < -0.39 is 0 Å². The molecule has 1 N–H and O–H groups in total. The molecule has 26 heavy (non-hydrogen) atoms. The summed E-state index contributed by atoms with van der Waals surface area (Å²) in [7, 11) is 0. The van der Waals surface area contributed by atoms with Crippen LogP contribution in [0, 0.1) is 0 Å². The molecule has 0 aliphatic heterocycles. The summed E-state index contributed by atoms with van der Waals surface area (Å²) in [5.41, 5.74) is 7.07. The van der Waals surface area contributed by atoms with Gasteiger partial charge < -0.3 is 5.11 Å². The fraction of sp³-hybridized carbons (Fsp3) is 0.280. The Bertz CT molecular complexity index is 848. The molecular formula is C25H28O. The van der Waals surface area contributed by atoms with E-state index in [1.165, 1.54) is 22.3 Å². The molecule has 3 aromatic rings. The molecule has 0 amide bonds. The van der Waals surface area contributed by atoms with Crippen LogP contribution in [0.3, 0.4) is 0 Å². The van der Waals surface area contributed by atoms with E-state index in [1.807, 2.05) is 24.3 Å². The van der Waals surface area contributed by atoms with E-state index in [0.717, 1.165) is 30.4 Å². The maximum atomic E-state index is 10.9. The molecule has 3 aromatic carbocycles. The number of hydrogen-bond acceptors (Lipinski definition) is 1. The van der Waals surface area contributed by atoms with E-state index in [-0.39, 0.29) is 0 Å². The van der Waals surface area contributed by atoms with Gasteiger partial charge in [0.15, 0.2) is 0 Å². The van der Waals surface area contributed by atoms with Crippen LogP contribution >= 0.6 is 0 Å². The highest BCUT2D eigenvalue weighted by Gasteiger charge is 2.22. The van der Waals surface area contributed by atoms with Gasteiger partial charge in [-0.05, 0) is 52.6 Å². The summed E-state index contributed by atoms with van der Waals surface area (Å²) >= 11 is 0. The van der Waals surface area contributed by atoms with E-state index in [4.69, 9.17) is 0 Å². The number of phenols is 1. The third-order valence-electron chi connectivity index (χ3n) is 4.93. The zero-order chi connectivity index (χ0) is 18.5. The Kier molecular flexibility index (Phi) is 5.78. The van der Waals surface area contributed by atoms with E-state index in [1.54, 1.807) is 0 Å². The molecule has 0 aliphatic rings. The van der Waals surface area contributed by atoms with Crippen molar-refractivity contribution >= 4 is 0 Å². The Morgan fingerprint density at radius 1 is 0.808 bits per heavy atom. The SMILES string of the molecule is CCCCc1cc(O)c(-c2ccccc2)c(C(C)C)c1-c1ccccc1. The van der Waals surface area contributed by atoms with Gasteiger partial charge in [0.2, 0.25) is 0 Å². The Morgan fingerprint density at radius 3 is 1.85 bits per heavy atom. The molecule has 0 aliphatic carbocycles. The lowest BCUT2D eigenvalue weighted by Crippen LogP contribution is -2.02. The Balaban J connectivity index is 2.34. The van der Waals surface area contributed by atoms with Crippen LogP contribution in [0.2, 0.25) is 0 Å². The molecule has 134 valence electrons. The number of hydrogen-bond donors (Lipinski definition) is 1. The van der Waals surface area contributed by atoms with Gasteiger partial charge in [-0.2, -0.15) is 0 Å². The van der Waals surface area contributed by atoms with Crippen LogP contribution < -0.4 is 0 Å². The van der Waals surface area contributed by atoms with Crippen LogP contribution in [0.25, 0.3) is 22.3 Å². The van der Waals surface area contributed by atoms with Gasteiger partial charge in [-0.3, -0.25) is 0 Å². The summed E-state index contributed by atoms with van der Waals surface area (Å²) in [6.07, 6.45) is 3.26. The van der Waals surface area contributed by atoms with Gasteiger partial charge in [0, 0.05) is 5.56 Å². The largest absolute Gasteiger partial charge is 0.507 e. The van der Waals surface area contributed by atoms with Crippen molar-refractivity contribution in [2.75, 3.05) is 0 Å². The van der Waals surface area contributed by atoms with Gasteiger partial charge in [0.05, 0.1) is 0 Å². The first kappa shape index (κ1) is 18.3. The van der Waals surface area contributed by atoms with Crippen molar-refractivity contribution in [2.45, 2.75) is 46.0 Å². The van der Waals surface area contributed by atoms with Crippen LogP contribution in [0.15, 0.2) is 66.7 Å². The number of phenolic OH excluding ortho intramolecular Hbond substituents is 1. The highest BCUT2D eigenvalue weighted by molar-refractivity contribution is 5.85. The first-order valence-electron chi connectivity index (χ1n) is 9.63. The van der Waals surface area contributed by atoms with Crippen LogP contribution in [0.5, 0.6) is 5.75 Å². The Labute approximate surface area is 157 Å². The van der Waals surface area contributed by atoms with Crippen molar-refractivity contribution in [3.05, 3.63) is 77.9 Å². The molecule has 0 bridgehead atoms. The summed E-state index contributed by atoms with van der Waals surface area (Å²) in [6, 6.07) is 22.9. The number of unbranched alkanes of at least 4 members (excludes halogenated alkanes) is 1. The van der Waals surface area contributed by atoms with Crippen LogP contribution in [-0.2, 0) is 6.42 Å². The minimum atomic E-state index is 0.313. The van der Waals surface area contributed by atoms with Gasteiger partial charge in [0.1, 0.15) is 5.75 Å². The first-order valence-corrected chi connectivity index (χ1v) is 9.63. The fourth-order valence-electron chi connectivity index (χ4n) is 3.74. The summed E-state index contributed by atoms with van der Waals surface area (Å²) in [5, 5.41) is 10.9.